The van der Waals surface area contributed by atoms with Crippen LogP contribution in [0.5, 0.6) is 5.75 Å². The van der Waals surface area contributed by atoms with E-state index in [1.165, 1.54) is 10.8 Å². The topological polar surface area (TPSA) is 34.4 Å². The Kier molecular flexibility index (Phi) is 5.42. The number of halogens is 1. The molecule has 3 nitrogen and oxygen atoms in total. The summed E-state index contributed by atoms with van der Waals surface area (Å²) in [4.78, 5) is 0. The number of fused-ring (bicyclic) bond motifs is 1. The number of ether oxygens (including phenoxy) is 1. The lowest BCUT2D eigenvalue weighted by Crippen LogP contribution is -2.13. The molecule has 0 aliphatic carbocycles. The standard InChI is InChI=1S/C23H20ClNO2/c24-22-10-4-2-7-18(22)16-27-23-12-11-17-6-1-3-9-20(17)21(23)15-25-14-19-8-5-13-26-19/h1-13,25H,14-16H2. The number of benzene rings is 3. The normalized spacial score (nSPS) is 11.0. The van der Waals surface area contributed by atoms with Gasteiger partial charge in [-0.25, -0.2) is 0 Å². The molecule has 0 saturated heterocycles. The molecule has 0 spiro atoms. The predicted molar refractivity (Wildman–Crippen MR) is 109 cm³/mol. The Morgan fingerprint density at radius 2 is 1.70 bits per heavy atom. The molecule has 1 N–H and O–H groups in total. The largest absolute Gasteiger partial charge is 0.488 e. The van der Waals surface area contributed by atoms with E-state index in [0.29, 0.717) is 19.7 Å². The van der Waals surface area contributed by atoms with Gasteiger partial charge in [-0.2, -0.15) is 0 Å². The summed E-state index contributed by atoms with van der Waals surface area (Å²) in [5.74, 6) is 1.77. The van der Waals surface area contributed by atoms with Gasteiger partial charge in [-0.1, -0.05) is 60.1 Å². The highest BCUT2D eigenvalue weighted by molar-refractivity contribution is 6.31. The average Bonchev–Trinajstić information content (AvgIpc) is 3.21. The van der Waals surface area contributed by atoms with Crippen molar-refractivity contribution in [2.24, 2.45) is 0 Å². The first-order valence-corrected chi connectivity index (χ1v) is 9.29. The highest BCUT2D eigenvalue weighted by Crippen LogP contribution is 2.29. The van der Waals surface area contributed by atoms with Crippen LogP contribution >= 0.6 is 11.6 Å². The minimum atomic E-state index is 0.434. The van der Waals surface area contributed by atoms with E-state index in [0.717, 1.165) is 27.7 Å². The number of hydrogen-bond donors (Lipinski definition) is 1. The fourth-order valence-corrected chi connectivity index (χ4v) is 3.32. The molecule has 1 aromatic heterocycles. The van der Waals surface area contributed by atoms with Crippen LogP contribution in [0.15, 0.2) is 83.5 Å². The molecular formula is C23H20ClNO2. The molecule has 4 aromatic rings. The number of nitrogens with one attached hydrogen (secondary N) is 1. The molecule has 1 heterocycles. The summed E-state index contributed by atoms with van der Waals surface area (Å²) >= 11 is 6.26. The van der Waals surface area contributed by atoms with Crippen molar-refractivity contribution in [1.29, 1.82) is 0 Å². The molecule has 3 aromatic carbocycles. The average molecular weight is 378 g/mol. The molecule has 0 radical (unpaired) electrons. The van der Waals surface area contributed by atoms with Gasteiger partial charge in [0.15, 0.2) is 0 Å². The monoisotopic (exact) mass is 377 g/mol. The molecule has 27 heavy (non-hydrogen) atoms. The Hall–Kier alpha value is -2.75. The fraction of sp³-hybridized carbons (Fsp3) is 0.130. The van der Waals surface area contributed by atoms with Crippen molar-refractivity contribution < 1.29 is 9.15 Å². The second-order valence-corrected chi connectivity index (χ2v) is 6.73. The van der Waals surface area contributed by atoms with Crippen LogP contribution in [0.2, 0.25) is 5.02 Å². The Labute approximate surface area is 163 Å². The molecule has 0 bridgehead atoms. The zero-order chi connectivity index (χ0) is 18.5. The van der Waals surface area contributed by atoms with Crippen LogP contribution in [-0.2, 0) is 19.7 Å². The van der Waals surface area contributed by atoms with Crippen molar-refractivity contribution in [2.45, 2.75) is 19.7 Å². The Morgan fingerprint density at radius 3 is 2.56 bits per heavy atom. The Balaban J connectivity index is 1.57. The quantitative estimate of drug-likeness (QED) is 0.431. The van der Waals surface area contributed by atoms with E-state index in [1.807, 2.05) is 48.5 Å². The molecule has 0 saturated carbocycles. The number of hydrogen-bond acceptors (Lipinski definition) is 3. The first kappa shape index (κ1) is 17.7. The van der Waals surface area contributed by atoms with E-state index in [9.17, 15) is 0 Å². The summed E-state index contributed by atoms with van der Waals surface area (Å²) in [6.07, 6.45) is 1.69. The van der Waals surface area contributed by atoms with Crippen LogP contribution in [-0.4, -0.2) is 0 Å². The third-order valence-electron chi connectivity index (χ3n) is 4.52. The lowest BCUT2D eigenvalue weighted by molar-refractivity contribution is 0.302. The van der Waals surface area contributed by atoms with E-state index in [4.69, 9.17) is 20.8 Å². The maximum absolute atomic E-state index is 6.26. The Morgan fingerprint density at radius 1 is 0.852 bits per heavy atom. The van der Waals surface area contributed by atoms with Crippen molar-refractivity contribution in [3.8, 4) is 5.75 Å². The van der Waals surface area contributed by atoms with Gasteiger partial charge in [0.2, 0.25) is 0 Å². The fourth-order valence-electron chi connectivity index (χ4n) is 3.13. The molecule has 4 heteroatoms. The van der Waals surface area contributed by atoms with E-state index in [2.05, 4.69) is 29.6 Å². The third-order valence-corrected chi connectivity index (χ3v) is 4.89. The highest BCUT2D eigenvalue weighted by atomic mass is 35.5. The maximum Gasteiger partial charge on any atom is 0.124 e. The molecule has 0 fully saturated rings. The van der Waals surface area contributed by atoms with Gasteiger partial charge in [0.05, 0.1) is 12.8 Å². The second kappa shape index (κ2) is 8.30. The lowest BCUT2D eigenvalue weighted by atomic mass is 10.0. The van der Waals surface area contributed by atoms with Crippen LogP contribution in [0.25, 0.3) is 10.8 Å². The van der Waals surface area contributed by atoms with Gasteiger partial charge in [0.1, 0.15) is 18.1 Å². The highest BCUT2D eigenvalue weighted by Gasteiger charge is 2.10. The summed E-state index contributed by atoms with van der Waals surface area (Å²) < 4.78 is 11.6. The minimum absolute atomic E-state index is 0.434. The van der Waals surface area contributed by atoms with Crippen LogP contribution in [0.1, 0.15) is 16.9 Å². The minimum Gasteiger partial charge on any atom is -0.488 e. The van der Waals surface area contributed by atoms with Gasteiger partial charge in [-0.15, -0.1) is 0 Å². The molecule has 0 atom stereocenters. The summed E-state index contributed by atoms with van der Waals surface area (Å²) in [7, 11) is 0. The van der Waals surface area contributed by atoms with E-state index in [1.54, 1.807) is 6.26 Å². The number of rotatable bonds is 7. The first-order valence-electron chi connectivity index (χ1n) is 8.91. The molecule has 0 unspecified atom stereocenters. The SMILES string of the molecule is Clc1ccccc1COc1ccc2ccccc2c1CNCc1ccco1. The summed E-state index contributed by atoms with van der Waals surface area (Å²) in [6.45, 7) is 1.78. The van der Waals surface area contributed by atoms with Crippen LogP contribution in [0, 0.1) is 0 Å². The van der Waals surface area contributed by atoms with Gasteiger partial charge in [-0.3, -0.25) is 0 Å². The van der Waals surface area contributed by atoms with Crippen molar-refractivity contribution >= 4 is 22.4 Å². The smallest absolute Gasteiger partial charge is 0.124 e. The molecular weight excluding hydrogens is 358 g/mol. The first-order chi connectivity index (χ1) is 13.3. The van der Waals surface area contributed by atoms with Crippen molar-refractivity contribution in [3.63, 3.8) is 0 Å². The molecule has 136 valence electrons. The Bertz CT molecular complexity index is 1030. The number of furan rings is 1. The van der Waals surface area contributed by atoms with Crippen LogP contribution < -0.4 is 10.1 Å². The zero-order valence-corrected chi connectivity index (χ0v) is 15.6. The van der Waals surface area contributed by atoms with Gasteiger partial charge in [0.25, 0.3) is 0 Å². The lowest BCUT2D eigenvalue weighted by Gasteiger charge is -2.15. The maximum atomic E-state index is 6.26. The third kappa shape index (κ3) is 4.16. The van der Waals surface area contributed by atoms with E-state index in [-0.39, 0.29) is 0 Å². The van der Waals surface area contributed by atoms with E-state index >= 15 is 0 Å². The van der Waals surface area contributed by atoms with Crippen LogP contribution in [0.3, 0.4) is 0 Å². The molecule has 0 aliphatic heterocycles. The summed E-state index contributed by atoms with van der Waals surface area (Å²) in [5.41, 5.74) is 2.11. The second-order valence-electron chi connectivity index (χ2n) is 6.33. The van der Waals surface area contributed by atoms with Crippen molar-refractivity contribution in [2.75, 3.05) is 0 Å². The molecule has 0 amide bonds. The van der Waals surface area contributed by atoms with Crippen LogP contribution in [0.4, 0.5) is 0 Å². The van der Waals surface area contributed by atoms with E-state index < -0.39 is 0 Å². The predicted octanol–water partition coefficient (Wildman–Crippen LogP) is 5.96. The van der Waals surface area contributed by atoms with Gasteiger partial charge >= 0.3 is 0 Å². The van der Waals surface area contributed by atoms with Gasteiger partial charge in [0, 0.05) is 22.7 Å². The summed E-state index contributed by atoms with van der Waals surface area (Å²) in [6, 6.07) is 24.1. The molecule has 0 aliphatic rings. The molecule has 4 rings (SSSR count). The van der Waals surface area contributed by atoms with Crippen molar-refractivity contribution in [1.82, 2.24) is 5.32 Å². The van der Waals surface area contributed by atoms with Gasteiger partial charge < -0.3 is 14.5 Å². The van der Waals surface area contributed by atoms with Gasteiger partial charge in [-0.05, 0) is 35.0 Å². The summed E-state index contributed by atoms with van der Waals surface area (Å²) in [5, 5.41) is 6.54. The van der Waals surface area contributed by atoms with Crippen molar-refractivity contribution in [3.05, 3.63) is 101 Å². The zero-order valence-electron chi connectivity index (χ0n) is 14.8.